The molecular formula is C31H35N5O4S. The lowest BCUT2D eigenvalue weighted by atomic mass is 9.87. The van der Waals surface area contributed by atoms with Gasteiger partial charge in [-0.25, -0.2) is 0 Å². The Kier molecular flexibility index (Phi) is 9.34. The Morgan fingerprint density at radius 2 is 1.71 bits per heavy atom. The topological polar surface area (TPSA) is 107 Å². The van der Waals surface area contributed by atoms with Crippen LogP contribution in [0.2, 0.25) is 0 Å². The molecule has 0 fully saturated rings. The van der Waals surface area contributed by atoms with E-state index in [-0.39, 0.29) is 29.5 Å². The van der Waals surface area contributed by atoms with Crippen molar-refractivity contribution in [3.8, 4) is 17.2 Å². The number of hydrogen-bond acceptors (Lipinski definition) is 7. The fourth-order valence-corrected chi connectivity index (χ4v) is 4.92. The molecule has 1 aromatic heterocycles. The first-order chi connectivity index (χ1) is 19.6. The first-order valence-corrected chi connectivity index (χ1v) is 14.1. The number of carbonyl (C=O) groups is 2. The van der Waals surface area contributed by atoms with Gasteiger partial charge in [-0.15, -0.1) is 10.2 Å². The standard InChI is InChI=1S/C31H35N5O4S/c1-20-8-7-9-23(16-20)33-28(37)19-41-30-35-34-27(36(30)25-17-24(39-5)14-15-26(25)40-6)18-32-29(38)21-10-12-22(13-11-21)31(2,3)4/h7-17H,18-19H2,1-6H3,(H,32,38)(H,33,37). The molecule has 0 radical (unpaired) electrons. The molecule has 0 aliphatic rings. The fraction of sp³-hybridized carbons (Fsp3) is 0.290. The van der Waals surface area contributed by atoms with Crippen LogP contribution < -0.4 is 20.1 Å². The normalized spacial score (nSPS) is 11.2. The van der Waals surface area contributed by atoms with E-state index in [1.807, 2.05) is 55.5 Å². The molecule has 0 spiro atoms. The molecule has 0 saturated carbocycles. The van der Waals surface area contributed by atoms with E-state index >= 15 is 0 Å². The van der Waals surface area contributed by atoms with Crippen molar-refractivity contribution in [1.29, 1.82) is 0 Å². The van der Waals surface area contributed by atoms with E-state index in [1.54, 1.807) is 37.0 Å². The van der Waals surface area contributed by atoms with Gasteiger partial charge in [0.25, 0.3) is 5.91 Å². The predicted octanol–water partition coefficient (Wildman–Crippen LogP) is 5.55. The monoisotopic (exact) mass is 573 g/mol. The highest BCUT2D eigenvalue weighted by Gasteiger charge is 2.21. The number of amides is 2. The molecule has 2 amide bonds. The Labute approximate surface area is 244 Å². The summed E-state index contributed by atoms with van der Waals surface area (Å²) in [6.07, 6.45) is 0. The summed E-state index contributed by atoms with van der Waals surface area (Å²) < 4.78 is 12.8. The number of nitrogens with one attached hydrogen (secondary N) is 2. The van der Waals surface area contributed by atoms with Gasteiger partial charge in [0.15, 0.2) is 11.0 Å². The molecule has 0 bridgehead atoms. The molecule has 3 aromatic carbocycles. The molecule has 0 atom stereocenters. The van der Waals surface area contributed by atoms with E-state index < -0.39 is 0 Å². The lowest BCUT2D eigenvalue weighted by Crippen LogP contribution is -2.25. The first-order valence-electron chi connectivity index (χ1n) is 13.1. The van der Waals surface area contributed by atoms with Crippen molar-refractivity contribution in [3.63, 3.8) is 0 Å². The maximum atomic E-state index is 13.0. The lowest BCUT2D eigenvalue weighted by Gasteiger charge is -2.19. The molecule has 0 aliphatic heterocycles. The van der Waals surface area contributed by atoms with E-state index in [0.717, 1.165) is 16.8 Å². The smallest absolute Gasteiger partial charge is 0.251 e. The van der Waals surface area contributed by atoms with Crippen molar-refractivity contribution >= 4 is 29.3 Å². The number of hydrogen-bond donors (Lipinski definition) is 2. The van der Waals surface area contributed by atoms with Crippen LogP contribution in [0.15, 0.2) is 71.9 Å². The maximum absolute atomic E-state index is 13.0. The van der Waals surface area contributed by atoms with Crippen molar-refractivity contribution in [3.05, 3.63) is 89.2 Å². The summed E-state index contributed by atoms with van der Waals surface area (Å²) in [6.45, 7) is 8.45. The van der Waals surface area contributed by atoms with Crippen molar-refractivity contribution in [2.24, 2.45) is 0 Å². The van der Waals surface area contributed by atoms with Gasteiger partial charge < -0.3 is 20.1 Å². The van der Waals surface area contributed by atoms with Crippen LogP contribution in [-0.4, -0.2) is 46.6 Å². The quantitative estimate of drug-likeness (QED) is 0.240. The zero-order valence-electron chi connectivity index (χ0n) is 24.1. The second kappa shape index (κ2) is 12.9. The van der Waals surface area contributed by atoms with Crippen molar-refractivity contribution in [2.45, 2.75) is 44.8 Å². The van der Waals surface area contributed by atoms with Crippen LogP contribution in [0.1, 0.15) is 48.1 Å². The fourth-order valence-electron chi connectivity index (χ4n) is 4.15. The summed E-state index contributed by atoms with van der Waals surface area (Å²) in [5.74, 6) is 1.33. The number of thioether (sulfide) groups is 1. The molecule has 2 N–H and O–H groups in total. The third-order valence-corrected chi connectivity index (χ3v) is 7.31. The van der Waals surface area contributed by atoms with Crippen LogP contribution in [0.4, 0.5) is 5.69 Å². The zero-order chi connectivity index (χ0) is 29.6. The first kappa shape index (κ1) is 29.7. The number of carbonyl (C=O) groups excluding carboxylic acids is 2. The Morgan fingerprint density at radius 1 is 0.951 bits per heavy atom. The van der Waals surface area contributed by atoms with Crippen LogP contribution in [0.5, 0.6) is 11.5 Å². The van der Waals surface area contributed by atoms with Gasteiger partial charge in [0, 0.05) is 17.3 Å². The Balaban J connectivity index is 1.57. The summed E-state index contributed by atoms with van der Waals surface area (Å²) in [6, 6.07) is 20.6. The number of aryl methyl sites for hydroxylation is 1. The highest BCUT2D eigenvalue weighted by Crippen LogP contribution is 2.32. The van der Waals surface area contributed by atoms with Crippen molar-refractivity contribution < 1.29 is 19.1 Å². The van der Waals surface area contributed by atoms with Gasteiger partial charge in [0.05, 0.1) is 32.2 Å². The number of rotatable bonds is 10. The van der Waals surface area contributed by atoms with Gasteiger partial charge in [-0.3, -0.25) is 14.2 Å². The number of nitrogens with zero attached hydrogens (tertiary/aromatic N) is 3. The molecule has 214 valence electrons. The van der Waals surface area contributed by atoms with E-state index in [1.165, 1.54) is 11.8 Å². The molecule has 10 heteroatoms. The van der Waals surface area contributed by atoms with Gasteiger partial charge in [0.2, 0.25) is 5.91 Å². The summed E-state index contributed by atoms with van der Waals surface area (Å²) in [4.78, 5) is 25.7. The number of aromatic nitrogens is 3. The van der Waals surface area contributed by atoms with E-state index in [0.29, 0.717) is 33.7 Å². The van der Waals surface area contributed by atoms with Gasteiger partial charge in [-0.05, 0) is 59.9 Å². The molecule has 0 aliphatic carbocycles. The van der Waals surface area contributed by atoms with E-state index in [4.69, 9.17) is 9.47 Å². The van der Waals surface area contributed by atoms with Crippen molar-refractivity contribution in [2.75, 3.05) is 25.3 Å². The summed E-state index contributed by atoms with van der Waals surface area (Å²) >= 11 is 1.23. The molecular weight excluding hydrogens is 538 g/mol. The number of anilines is 1. The summed E-state index contributed by atoms with van der Waals surface area (Å²) in [5.41, 5.74) is 4.09. The zero-order valence-corrected chi connectivity index (χ0v) is 25.0. The van der Waals surface area contributed by atoms with Crippen molar-refractivity contribution in [1.82, 2.24) is 20.1 Å². The van der Waals surface area contributed by atoms with Crippen LogP contribution in [0.25, 0.3) is 5.69 Å². The van der Waals surface area contributed by atoms with Crippen LogP contribution in [0.3, 0.4) is 0 Å². The molecule has 41 heavy (non-hydrogen) atoms. The van der Waals surface area contributed by atoms with Gasteiger partial charge in [-0.2, -0.15) is 0 Å². The second-order valence-electron chi connectivity index (χ2n) is 10.5. The van der Waals surface area contributed by atoms with E-state index in [2.05, 4.69) is 41.6 Å². The molecule has 0 unspecified atom stereocenters. The number of benzene rings is 3. The Hall–Kier alpha value is -4.31. The number of methoxy groups -OCH3 is 2. The highest BCUT2D eigenvalue weighted by molar-refractivity contribution is 7.99. The van der Waals surface area contributed by atoms with Crippen LogP contribution >= 0.6 is 11.8 Å². The van der Waals surface area contributed by atoms with Gasteiger partial charge in [0.1, 0.15) is 11.5 Å². The minimum atomic E-state index is -0.232. The lowest BCUT2D eigenvalue weighted by molar-refractivity contribution is -0.113. The summed E-state index contributed by atoms with van der Waals surface area (Å²) in [7, 11) is 3.15. The molecule has 4 rings (SSSR count). The minimum Gasteiger partial charge on any atom is -0.497 e. The average Bonchev–Trinajstić information content (AvgIpc) is 3.36. The maximum Gasteiger partial charge on any atom is 0.251 e. The van der Waals surface area contributed by atoms with Gasteiger partial charge >= 0.3 is 0 Å². The summed E-state index contributed by atoms with van der Waals surface area (Å²) in [5, 5.41) is 15.0. The second-order valence-corrected chi connectivity index (χ2v) is 11.4. The predicted molar refractivity (Wildman–Crippen MR) is 161 cm³/mol. The minimum absolute atomic E-state index is 0.00771. The van der Waals surface area contributed by atoms with Gasteiger partial charge in [-0.1, -0.05) is 56.8 Å². The SMILES string of the molecule is COc1ccc(OC)c(-n2c(CNC(=O)c3ccc(C(C)(C)C)cc3)nnc2SCC(=O)Nc2cccc(C)c2)c1. The largest absolute Gasteiger partial charge is 0.497 e. The third kappa shape index (κ3) is 7.46. The Bertz CT molecular complexity index is 1530. The molecule has 9 nitrogen and oxygen atoms in total. The third-order valence-electron chi connectivity index (χ3n) is 6.38. The molecule has 4 aromatic rings. The Morgan fingerprint density at radius 3 is 2.37 bits per heavy atom. The number of ether oxygens (including phenoxy) is 2. The molecule has 1 heterocycles. The van der Waals surface area contributed by atoms with Crippen LogP contribution in [-0.2, 0) is 16.8 Å². The van der Waals surface area contributed by atoms with Crippen LogP contribution in [0, 0.1) is 6.92 Å². The molecule has 0 saturated heterocycles. The van der Waals surface area contributed by atoms with E-state index in [9.17, 15) is 9.59 Å². The highest BCUT2D eigenvalue weighted by atomic mass is 32.2. The average molecular weight is 574 g/mol.